The first-order valence-corrected chi connectivity index (χ1v) is 10.3. The lowest BCUT2D eigenvalue weighted by Gasteiger charge is -2.09. The van der Waals surface area contributed by atoms with Crippen molar-refractivity contribution in [3.8, 4) is 5.75 Å². The minimum Gasteiger partial charge on any atom is -0.488 e. The van der Waals surface area contributed by atoms with Gasteiger partial charge in [0.25, 0.3) is 5.56 Å². The molecule has 0 aromatic carbocycles. The summed E-state index contributed by atoms with van der Waals surface area (Å²) in [7, 11) is 0. The van der Waals surface area contributed by atoms with Gasteiger partial charge in [-0.15, -0.1) is 0 Å². The van der Waals surface area contributed by atoms with Crippen LogP contribution in [0.3, 0.4) is 0 Å². The number of ether oxygens (including phenoxy) is 1. The van der Waals surface area contributed by atoms with E-state index in [2.05, 4.69) is 6.92 Å². The summed E-state index contributed by atoms with van der Waals surface area (Å²) in [5.41, 5.74) is 0.497. The molecule has 27 heavy (non-hydrogen) atoms. The van der Waals surface area contributed by atoms with E-state index in [1.165, 1.54) is 68.2 Å². The van der Waals surface area contributed by atoms with Crippen LogP contribution in [-0.4, -0.2) is 22.2 Å². The molecule has 1 heterocycles. The molecule has 0 spiro atoms. The first-order valence-electron chi connectivity index (χ1n) is 10.3. The molecular formula is C22H35NO4. The predicted octanol–water partition coefficient (Wildman–Crippen LogP) is 5.40. The number of carboxylic acid groups (broad SMARTS) is 1. The van der Waals surface area contributed by atoms with Crippen LogP contribution in [0.2, 0.25) is 0 Å². The van der Waals surface area contributed by atoms with E-state index in [-0.39, 0.29) is 12.0 Å². The first kappa shape index (κ1) is 23.0. The van der Waals surface area contributed by atoms with Crippen molar-refractivity contribution in [2.75, 3.05) is 6.61 Å². The van der Waals surface area contributed by atoms with Gasteiger partial charge < -0.3 is 9.84 Å². The lowest BCUT2D eigenvalue weighted by Crippen LogP contribution is -2.20. The molecule has 0 unspecified atom stereocenters. The van der Waals surface area contributed by atoms with Crippen molar-refractivity contribution >= 4 is 12.2 Å². The highest BCUT2D eigenvalue weighted by molar-refractivity contribution is 5.69. The average molecular weight is 378 g/mol. The maximum Gasteiger partial charge on any atom is 0.307 e. The quantitative estimate of drug-likeness (QED) is 0.415. The van der Waals surface area contributed by atoms with E-state index in [9.17, 15) is 9.59 Å². The van der Waals surface area contributed by atoms with Crippen LogP contribution in [0.4, 0.5) is 0 Å². The molecule has 0 bridgehead atoms. The van der Waals surface area contributed by atoms with Crippen LogP contribution in [0.25, 0.3) is 6.20 Å². The van der Waals surface area contributed by atoms with Crippen LogP contribution in [-0.2, 0) is 4.79 Å². The Morgan fingerprint density at radius 2 is 1.63 bits per heavy atom. The Labute approximate surface area is 163 Å². The molecule has 0 amide bonds. The largest absolute Gasteiger partial charge is 0.488 e. The summed E-state index contributed by atoms with van der Waals surface area (Å²) >= 11 is 0. The SMILES string of the molecule is CCCCCCCCCCCCOc1ccc(C)n(C=CCC(=O)O)c1=O. The third-order valence-corrected chi connectivity index (χ3v) is 4.59. The number of aryl methyl sites for hydroxylation is 1. The maximum absolute atomic E-state index is 12.4. The molecule has 1 N–H and O–H groups in total. The molecule has 0 aliphatic heterocycles. The zero-order chi connectivity index (χ0) is 19.9. The van der Waals surface area contributed by atoms with Gasteiger partial charge in [0.1, 0.15) is 0 Å². The van der Waals surface area contributed by atoms with Crippen molar-refractivity contribution < 1.29 is 14.6 Å². The highest BCUT2D eigenvalue weighted by atomic mass is 16.5. The third kappa shape index (κ3) is 10.0. The molecule has 1 aromatic rings. The Morgan fingerprint density at radius 1 is 1.04 bits per heavy atom. The van der Waals surface area contributed by atoms with Crippen LogP contribution in [0, 0.1) is 6.92 Å². The molecule has 0 saturated carbocycles. The van der Waals surface area contributed by atoms with Crippen molar-refractivity contribution in [1.29, 1.82) is 0 Å². The minimum absolute atomic E-state index is 0.116. The Kier molecular flexibility index (Phi) is 12.0. The van der Waals surface area contributed by atoms with Crippen molar-refractivity contribution in [1.82, 2.24) is 4.57 Å². The Balaban J connectivity index is 2.28. The lowest BCUT2D eigenvalue weighted by atomic mass is 10.1. The van der Waals surface area contributed by atoms with E-state index in [4.69, 9.17) is 9.84 Å². The summed E-state index contributed by atoms with van der Waals surface area (Å²) < 4.78 is 7.08. The molecule has 0 aliphatic rings. The molecule has 0 saturated heterocycles. The van der Waals surface area contributed by atoms with Gasteiger partial charge in [0, 0.05) is 11.9 Å². The van der Waals surface area contributed by atoms with Crippen LogP contribution >= 0.6 is 0 Å². The molecule has 5 nitrogen and oxygen atoms in total. The number of hydrogen-bond donors (Lipinski definition) is 1. The van der Waals surface area contributed by atoms with Crippen LogP contribution in [0.1, 0.15) is 83.2 Å². The van der Waals surface area contributed by atoms with E-state index in [1.54, 1.807) is 19.1 Å². The van der Waals surface area contributed by atoms with Crippen molar-refractivity contribution in [2.45, 2.75) is 84.5 Å². The number of nitrogens with zero attached hydrogens (tertiary/aromatic N) is 1. The summed E-state index contributed by atoms with van der Waals surface area (Å²) in [5.74, 6) is -0.609. The van der Waals surface area contributed by atoms with Crippen molar-refractivity contribution in [3.63, 3.8) is 0 Å². The van der Waals surface area contributed by atoms with Gasteiger partial charge in [0.05, 0.1) is 13.0 Å². The summed E-state index contributed by atoms with van der Waals surface area (Å²) in [6.07, 6.45) is 15.4. The second-order valence-corrected chi connectivity index (χ2v) is 7.03. The van der Waals surface area contributed by atoms with Gasteiger partial charge in [-0.1, -0.05) is 70.8 Å². The number of unbranched alkanes of at least 4 members (excludes halogenated alkanes) is 9. The minimum atomic E-state index is -0.926. The fraction of sp³-hybridized carbons (Fsp3) is 0.636. The number of carbonyl (C=O) groups is 1. The number of pyridine rings is 1. The summed E-state index contributed by atoms with van der Waals surface area (Å²) in [5, 5.41) is 8.69. The zero-order valence-electron chi connectivity index (χ0n) is 16.9. The van der Waals surface area contributed by atoms with E-state index in [0.29, 0.717) is 12.4 Å². The van der Waals surface area contributed by atoms with Gasteiger partial charge in [0.15, 0.2) is 5.75 Å². The molecule has 5 heteroatoms. The van der Waals surface area contributed by atoms with Gasteiger partial charge in [0.2, 0.25) is 0 Å². The molecule has 0 atom stereocenters. The number of hydrogen-bond acceptors (Lipinski definition) is 3. The average Bonchev–Trinajstić information content (AvgIpc) is 2.63. The van der Waals surface area contributed by atoms with Crippen LogP contribution in [0.5, 0.6) is 5.75 Å². The summed E-state index contributed by atoms with van der Waals surface area (Å²) in [4.78, 5) is 23.0. The zero-order valence-corrected chi connectivity index (χ0v) is 16.9. The van der Waals surface area contributed by atoms with Crippen LogP contribution in [0.15, 0.2) is 23.0 Å². The standard InChI is InChI=1S/C22H35NO4/c1-3-4-5-6-7-8-9-10-11-12-18-27-20-16-15-19(2)23(22(20)26)17-13-14-21(24)25/h13,15-17H,3-12,14,18H2,1-2H3,(H,24,25). The van der Waals surface area contributed by atoms with Crippen LogP contribution < -0.4 is 10.3 Å². The second kappa shape index (κ2) is 14.1. The Bertz CT molecular complexity index is 634. The smallest absolute Gasteiger partial charge is 0.307 e. The highest BCUT2D eigenvalue weighted by Gasteiger charge is 2.05. The lowest BCUT2D eigenvalue weighted by molar-refractivity contribution is -0.135. The van der Waals surface area contributed by atoms with Gasteiger partial charge >= 0.3 is 5.97 Å². The van der Waals surface area contributed by atoms with E-state index in [1.807, 2.05) is 0 Å². The topological polar surface area (TPSA) is 68.5 Å². The monoisotopic (exact) mass is 377 g/mol. The second-order valence-electron chi connectivity index (χ2n) is 7.03. The fourth-order valence-corrected chi connectivity index (χ4v) is 2.95. The number of carboxylic acids is 1. The molecule has 1 rings (SSSR count). The fourth-order valence-electron chi connectivity index (χ4n) is 2.95. The normalized spacial score (nSPS) is 11.2. The summed E-state index contributed by atoms with van der Waals surface area (Å²) in [6.45, 7) is 4.58. The Morgan fingerprint density at radius 3 is 2.22 bits per heavy atom. The van der Waals surface area contributed by atoms with E-state index < -0.39 is 5.97 Å². The predicted molar refractivity (Wildman–Crippen MR) is 110 cm³/mol. The molecule has 1 aromatic heterocycles. The molecule has 0 radical (unpaired) electrons. The molecule has 152 valence electrons. The van der Waals surface area contributed by atoms with Gasteiger partial charge in [-0.3, -0.25) is 14.2 Å². The first-order chi connectivity index (χ1) is 13.1. The van der Waals surface area contributed by atoms with Gasteiger partial charge in [-0.25, -0.2) is 0 Å². The number of aromatic nitrogens is 1. The number of rotatable bonds is 15. The molecular weight excluding hydrogens is 342 g/mol. The maximum atomic E-state index is 12.4. The van der Waals surface area contributed by atoms with Crippen molar-refractivity contribution in [3.05, 3.63) is 34.3 Å². The van der Waals surface area contributed by atoms with Gasteiger partial charge in [-0.2, -0.15) is 0 Å². The molecule has 0 fully saturated rings. The Hall–Kier alpha value is -2.04. The number of aliphatic carboxylic acids is 1. The van der Waals surface area contributed by atoms with E-state index >= 15 is 0 Å². The molecule has 0 aliphatic carbocycles. The highest BCUT2D eigenvalue weighted by Crippen LogP contribution is 2.11. The van der Waals surface area contributed by atoms with E-state index in [0.717, 1.165) is 18.5 Å². The van der Waals surface area contributed by atoms with Crippen molar-refractivity contribution in [2.24, 2.45) is 0 Å². The van der Waals surface area contributed by atoms with Gasteiger partial charge in [-0.05, 0) is 25.5 Å². The third-order valence-electron chi connectivity index (χ3n) is 4.59. The summed E-state index contributed by atoms with van der Waals surface area (Å²) in [6, 6.07) is 3.50.